The first-order valence-corrected chi connectivity index (χ1v) is 8.03. The van der Waals surface area contributed by atoms with Crippen molar-refractivity contribution in [3.63, 3.8) is 0 Å². The molecule has 118 valence electrons. The number of aromatic nitrogens is 2. The molecule has 3 aromatic rings. The van der Waals surface area contributed by atoms with Crippen molar-refractivity contribution >= 4 is 17.4 Å². The van der Waals surface area contributed by atoms with E-state index in [4.69, 9.17) is 4.98 Å². The molecule has 0 saturated heterocycles. The zero-order valence-corrected chi connectivity index (χ0v) is 13.5. The topological polar surface area (TPSA) is 46.4 Å². The molecule has 1 amide bonds. The zero-order chi connectivity index (χ0) is 16.2. The molecular weight excluding hydrogens is 286 g/mol. The molecule has 1 aromatic carbocycles. The Balaban J connectivity index is 2.09. The zero-order valence-electron chi connectivity index (χ0n) is 13.5. The predicted octanol–water partition coefficient (Wildman–Crippen LogP) is 4.44. The van der Waals surface area contributed by atoms with E-state index in [1.54, 1.807) is 0 Å². The number of aryl methyl sites for hydroxylation is 1. The van der Waals surface area contributed by atoms with Gasteiger partial charge in [0.15, 0.2) is 0 Å². The molecule has 0 fully saturated rings. The molecule has 4 heteroatoms. The third-order valence-electron chi connectivity index (χ3n) is 3.91. The van der Waals surface area contributed by atoms with E-state index in [1.807, 2.05) is 60.0 Å². The van der Waals surface area contributed by atoms with E-state index in [0.717, 1.165) is 41.1 Å². The van der Waals surface area contributed by atoms with Gasteiger partial charge in [-0.25, -0.2) is 4.98 Å². The molecule has 0 bridgehead atoms. The Labute approximate surface area is 136 Å². The van der Waals surface area contributed by atoms with Crippen LogP contribution in [0.3, 0.4) is 0 Å². The summed E-state index contributed by atoms with van der Waals surface area (Å²) in [5.74, 6) is 0.781. The lowest BCUT2D eigenvalue weighted by Crippen LogP contribution is -2.13. The Kier molecular flexibility index (Phi) is 4.42. The summed E-state index contributed by atoms with van der Waals surface area (Å²) in [6.45, 7) is 4.11. The van der Waals surface area contributed by atoms with Crippen LogP contribution in [0.2, 0.25) is 0 Å². The second-order valence-electron chi connectivity index (χ2n) is 5.71. The van der Waals surface area contributed by atoms with E-state index in [2.05, 4.69) is 12.2 Å². The van der Waals surface area contributed by atoms with E-state index in [1.165, 1.54) is 0 Å². The van der Waals surface area contributed by atoms with Crippen molar-refractivity contribution in [3.8, 4) is 11.3 Å². The molecule has 0 saturated carbocycles. The number of benzene rings is 1. The quantitative estimate of drug-likeness (QED) is 0.757. The van der Waals surface area contributed by atoms with Gasteiger partial charge in [0, 0.05) is 18.2 Å². The number of fused-ring (bicyclic) bond motifs is 1. The molecular formula is C19H21N3O. The van der Waals surface area contributed by atoms with Crippen LogP contribution in [0.25, 0.3) is 16.9 Å². The van der Waals surface area contributed by atoms with Crippen molar-refractivity contribution in [2.45, 2.75) is 33.1 Å². The molecule has 0 aliphatic carbocycles. The first kappa shape index (κ1) is 15.3. The fourth-order valence-corrected chi connectivity index (χ4v) is 2.65. The van der Waals surface area contributed by atoms with Gasteiger partial charge >= 0.3 is 0 Å². The summed E-state index contributed by atoms with van der Waals surface area (Å²) in [5, 5.41) is 3.06. The lowest BCUT2D eigenvalue weighted by molar-refractivity contribution is -0.116. The highest BCUT2D eigenvalue weighted by molar-refractivity contribution is 5.94. The highest BCUT2D eigenvalue weighted by Gasteiger charge is 2.16. The van der Waals surface area contributed by atoms with E-state index in [-0.39, 0.29) is 5.91 Å². The molecule has 3 rings (SSSR count). The van der Waals surface area contributed by atoms with Gasteiger partial charge in [0.05, 0.1) is 0 Å². The number of imidazole rings is 1. The number of nitrogens with zero attached hydrogens (tertiary/aromatic N) is 2. The molecule has 4 nitrogen and oxygen atoms in total. The van der Waals surface area contributed by atoms with Gasteiger partial charge in [0.25, 0.3) is 0 Å². The number of carbonyl (C=O) groups is 1. The summed E-state index contributed by atoms with van der Waals surface area (Å²) in [4.78, 5) is 17.0. The molecule has 0 aliphatic heterocycles. The van der Waals surface area contributed by atoms with Gasteiger partial charge in [-0.2, -0.15) is 0 Å². The Morgan fingerprint density at radius 1 is 1.17 bits per heavy atom. The van der Waals surface area contributed by atoms with Crippen molar-refractivity contribution in [2.24, 2.45) is 0 Å². The van der Waals surface area contributed by atoms with Gasteiger partial charge in [-0.15, -0.1) is 0 Å². The fourth-order valence-electron chi connectivity index (χ4n) is 2.65. The van der Waals surface area contributed by atoms with Crippen molar-refractivity contribution < 1.29 is 4.79 Å². The first-order chi connectivity index (χ1) is 11.2. The molecule has 0 atom stereocenters. The van der Waals surface area contributed by atoms with Crippen LogP contribution in [0, 0.1) is 6.92 Å². The standard InChI is InChI=1S/C19H21N3O/c1-3-4-12-16(23)20-19-17(15-10-6-5-7-11-15)21-18-14(2)9-8-13-22(18)19/h5-11,13H,3-4,12H2,1-2H3,(H,20,23). The van der Waals surface area contributed by atoms with Crippen LogP contribution in [-0.2, 0) is 4.79 Å². The number of nitrogens with one attached hydrogen (secondary N) is 1. The maximum absolute atomic E-state index is 12.2. The maximum Gasteiger partial charge on any atom is 0.225 e. The van der Waals surface area contributed by atoms with Gasteiger partial charge in [-0.05, 0) is 25.0 Å². The van der Waals surface area contributed by atoms with Gasteiger partial charge in [-0.3, -0.25) is 9.20 Å². The largest absolute Gasteiger partial charge is 0.310 e. The summed E-state index contributed by atoms with van der Waals surface area (Å²) in [7, 11) is 0. The number of unbranched alkanes of at least 4 members (excludes halogenated alkanes) is 1. The van der Waals surface area contributed by atoms with Crippen LogP contribution < -0.4 is 5.32 Å². The second kappa shape index (κ2) is 6.65. The molecule has 2 heterocycles. The Morgan fingerprint density at radius 3 is 2.70 bits per heavy atom. The van der Waals surface area contributed by atoms with Gasteiger partial charge in [0.1, 0.15) is 17.2 Å². The minimum Gasteiger partial charge on any atom is -0.310 e. The number of pyridine rings is 1. The fraction of sp³-hybridized carbons (Fsp3) is 0.263. The molecule has 2 aromatic heterocycles. The minimum absolute atomic E-state index is 0.0346. The summed E-state index contributed by atoms with van der Waals surface area (Å²) in [6.07, 6.45) is 4.37. The first-order valence-electron chi connectivity index (χ1n) is 8.03. The second-order valence-corrected chi connectivity index (χ2v) is 5.71. The maximum atomic E-state index is 12.2. The average molecular weight is 307 g/mol. The predicted molar refractivity (Wildman–Crippen MR) is 93.5 cm³/mol. The van der Waals surface area contributed by atoms with Gasteiger partial charge in [-0.1, -0.05) is 49.7 Å². The lowest BCUT2D eigenvalue weighted by atomic mass is 10.1. The normalized spacial score (nSPS) is 10.9. The summed E-state index contributed by atoms with van der Waals surface area (Å²) in [5.41, 5.74) is 3.77. The molecule has 0 radical (unpaired) electrons. The third-order valence-corrected chi connectivity index (χ3v) is 3.91. The third kappa shape index (κ3) is 3.11. The van der Waals surface area contributed by atoms with Crippen LogP contribution in [0.15, 0.2) is 48.7 Å². The summed E-state index contributed by atoms with van der Waals surface area (Å²) in [6, 6.07) is 14.0. The number of carbonyl (C=O) groups excluding carboxylic acids is 1. The average Bonchev–Trinajstić information content (AvgIpc) is 2.94. The van der Waals surface area contributed by atoms with Crippen molar-refractivity contribution in [3.05, 3.63) is 54.2 Å². The summed E-state index contributed by atoms with van der Waals surface area (Å²) >= 11 is 0. The number of amides is 1. The molecule has 23 heavy (non-hydrogen) atoms. The van der Waals surface area contributed by atoms with Crippen molar-refractivity contribution in [2.75, 3.05) is 5.32 Å². The van der Waals surface area contributed by atoms with Crippen LogP contribution in [0.5, 0.6) is 0 Å². The Hall–Kier alpha value is -2.62. The molecule has 1 N–H and O–H groups in total. The van der Waals surface area contributed by atoms with E-state index in [0.29, 0.717) is 6.42 Å². The van der Waals surface area contributed by atoms with Crippen molar-refractivity contribution in [1.82, 2.24) is 9.38 Å². The van der Waals surface area contributed by atoms with Crippen molar-refractivity contribution in [1.29, 1.82) is 0 Å². The van der Waals surface area contributed by atoms with Crippen LogP contribution in [-0.4, -0.2) is 15.3 Å². The van der Waals surface area contributed by atoms with Crippen LogP contribution >= 0.6 is 0 Å². The lowest BCUT2D eigenvalue weighted by Gasteiger charge is -2.08. The highest BCUT2D eigenvalue weighted by Crippen LogP contribution is 2.29. The number of hydrogen-bond donors (Lipinski definition) is 1. The SMILES string of the molecule is CCCCC(=O)Nc1c(-c2ccccc2)nc2c(C)cccn12. The van der Waals surface area contributed by atoms with E-state index < -0.39 is 0 Å². The number of rotatable bonds is 5. The Bertz CT molecular complexity index is 821. The van der Waals surface area contributed by atoms with E-state index in [9.17, 15) is 4.79 Å². The minimum atomic E-state index is 0.0346. The smallest absolute Gasteiger partial charge is 0.225 e. The molecule has 0 unspecified atom stereocenters. The highest BCUT2D eigenvalue weighted by atomic mass is 16.1. The monoisotopic (exact) mass is 307 g/mol. The van der Waals surface area contributed by atoms with E-state index >= 15 is 0 Å². The van der Waals surface area contributed by atoms with Gasteiger partial charge < -0.3 is 5.32 Å². The number of anilines is 1. The molecule has 0 spiro atoms. The van der Waals surface area contributed by atoms with Crippen LogP contribution in [0.4, 0.5) is 5.82 Å². The van der Waals surface area contributed by atoms with Gasteiger partial charge in [0.2, 0.25) is 5.91 Å². The Morgan fingerprint density at radius 2 is 1.96 bits per heavy atom. The number of hydrogen-bond acceptors (Lipinski definition) is 2. The summed E-state index contributed by atoms with van der Waals surface area (Å²) < 4.78 is 1.96. The molecule has 0 aliphatic rings. The van der Waals surface area contributed by atoms with Crippen LogP contribution in [0.1, 0.15) is 31.7 Å².